The van der Waals surface area contributed by atoms with E-state index in [1.807, 2.05) is 11.0 Å². The van der Waals surface area contributed by atoms with Crippen LogP contribution in [0.1, 0.15) is 26.3 Å². The Morgan fingerprint density at radius 3 is 2.42 bits per heavy atom. The van der Waals surface area contributed by atoms with Crippen LogP contribution in [0.3, 0.4) is 0 Å². The van der Waals surface area contributed by atoms with E-state index in [0.29, 0.717) is 24.3 Å². The van der Waals surface area contributed by atoms with E-state index in [4.69, 9.17) is 8.61 Å². The number of hydrogen-bond acceptors (Lipinski definition) is 5. The Morgan fingerprint density at radius 1 is 1.27 bits per heavy atom. The number of nitrogens with zero attached hydrogens (tertiary/aromatic N) is 1. The van der Waals surface area contributed by atoms with Gasteiger partial charge in [-0.3, -0.25) is 4.18 Å². The first-order valence-electron chi connectivity index (χ1n) is 8.81. The summed E-state index contributed by atoms with van der Waals surface area (Å²) in [6.45, 7) is 12.3. The van der Waals surface area contributed by atoms with Gasteiger partial charge in [0, 0.05) is 24.6 Å². The first kappa shape index (κ1) is 21.3. The Bertz CT molecular complexity index is 740. The van der Waals surface area contributed by atoms with Crippen molar-refractivity contribution in [3.05, 3.63) is 29.6 Å². The molecule has 8 heteroatoms. The average molecular weight is 404 g/mol. The quantitative estimate of drug-likeness (QED) is 0.512. The molecule has 1 fully saturated rings. The van der Waals surface area contributed by atoms with Gasteiger partial charge < -0.3 is 9.33 Å². The summed E-state index contributed by atoms with van der Waals surface area (Å²) in [5, 5.41) is 0.0748. The molecule has 148 valence electrons. The summed E-state index contributed by atoms with van der Waals surface area (Å²) in [4.78, 5) is 1.90. The molecule has 1 aliphatic heterocycles. The third-order valence-corrected chi connectivity index (χ3v) is 10.3. The van der Waals surface area contributed by atoms with E-state index >= 15 is 0 Å². The monoisotopic (exact) mass is 403 g/mol. The fourth-order valence-corrected chi connectivity index (χ4v) is 3.88. The first-order valence-corrected chi connectivity index (χ1v) is 13.5. The van der Waals surface area contributed by atoms with E-state index < -0.39 is 18.4 Å². The molecule has 0 saturated carbocycles. The van der Waals surface area contributed by atoms with Crippen LogP contribution in [0.15, 0.2) is 18.2 Å². The largest absolute Gasteiger partial charge is 0.412 e. The third kappa shape index (κ3) is 5.28. The van der Waals surface area contributed by atoms with Crippen molar-refractivity contribution in [1.29, 1.82) is 0 Å². The summed E-state index contributed by atoms with van der Waals surface area (Å²) in [7, 11) is -5.37. The molecular weight excluding hydrogens is 373 g/mol. The smallest absolute Gasteiger partial charge is 0.264 e. The second kappa shape index (κ2) is 7.57. The highest BCUT2D eigenvalue weighted by Gasteiger charge is 2.37. The standard InChI is InChI=1S/C18H30FNO4SSi/c1-18(2,3)26(5,6)24-13-15-8-7-9-16(17(15)19)20-10-14(11-20)12-23-25(4,21)22/h7-9,14H,10-13H2,1-6H3. The van der Waals surface area contributed by atoms with Gasteiger partial charge in [-0.2, -0.15) is 8.42 Å². The highest BCUT2D eigenvalue weighted by molar-refractivity contribution is 7.85. The molecule has 1 aliphatic rings. The number of halogens is 1. The van der Waals surface area contributed by atoms with E-state index in [2.05, 4.69) is 33.9 Å². The Morgan fingerprint density at radius 2 is 1.88 bits per heavy atom. The van der Waals surface area contributed by atoms with Crippen LogP contribution in [0.4, 0.5) is 10.1 Å². The molecule has 0 N–H and O–H groups in total. The van der Waals surface area contributed by atoms with Crippen molar-refractivity contribution in [2.24, 2.45) is 5.92 Å². The number of hydrogen-bond donors (Lipinski definition) is 0. The lowest BCUT2D eigenvalue weighted by Crippen LogP contribution is -2.49. The molecule has 0 aliphatic carbocycles. The molecule has 1 aromatic rings. The molecule has 5 nitrogen and oxygen atoms in total. The summed E-state index contributed by atoms with van der Waals surface area (Å²) in [5.74, 6) is -0.162. The maximum Gasteiger partial charge on any atom is 0.264 e. The third-order valence-electron chi connectivity index (χ3n) is 5.27. The summed E-state index contributed by atoms with van der Waals surface area (Å²) in [6.07, 6.45) is 1.04. The zero-order valence-corrected chi connectivity index (χ0v) is 18.3. The number of anilines is 1. The van der Waals surface area contributed by atoms with Crippen molar-refractivity contribution in [3.63, 3.8) is 0 Å². The molecule has 2 rings (SSSR count). The van der Waals surface area contributed by atoms with Crippen LogP contribution >= 0.6 is 0 Å². The Balaban J connectivity index is 1.98. The van der Waals surface area contributed by atoms with Crippen molar-refractivity contribution < 1.29 is 21.4 Å². The van der Waals surface area contributed by atoms with Crippen molar-refractivity contribution >= 4 is 24.1 Å². The van der Waals surface area contributed by atoms with Gasteiger partial charge in [-0.05, 0) is 24.2 Å². The number of benzene rings is 1. The van der Waals surface area contributed by atoms with Gasteiger partial charge >= 0.3 is 0 Å². The van der Waals surface area contributed by atoms with Gasteiger partial charge in [0.15, 0.2) is 14.1 Å². The maximum absolute atomic E-state index is 14.9. The second-order valence-corrected chi connectivity index (χ2v) is 15.0. The van der Waals surface area contributed by atoms with Gasteiger partial charge in [0.05, 0.1) is 25.2 Å². The summed E-state index contributed by atoms with van der Waals surface area (Å²) < 4.78 is 47.9. The van der Waals surface area contributed by atoms with Gasteiger partial charge in [0.1, 0.15) is 0 Å². The molecule has 0 bridgehead atoms. The molecule has 1 saturated heterocycles. The maximum atomic E-state index is 14.9. The second-order valence-electron chi connectivity index (χ2n) is 8.56. The zero-order chi connectivity index (χ0) is 19.8. The molecule has 0 amide bonds. The van der Waals surface area contributed by atoms with Gasteiger partial charge in [0.25, 0.3) is 10.1 Å². The lowest BCUT2D eigenvalue weighted by atomic mass is 9.99. The van der Waals surface area contributed by atoms with Gasteiger partial charge in [-0.15, -0.1) is 0 Å². The van der Waals surface area contributed by atoms with Gasteiger partial charge in [0.2, 0.25) is 0 Å². The van der Waals surface area contributed by atoms with Crippen molar-refractivity contribution in [3.8, 4) is 0 Å². The first-order chi connectivity index (χ1) is 11.8. The van der Waals surface area contributed by atoms with Crippen molar-refractivity contribution in [1.82, 2.24) is 0 Å². The van der Waals surface area contributed by atoms with E-state index in [1.165, 1.54) is 0 Å². The van der Waals surface area contributed by atoms with E-state index in [9.17, 15) is 12.8 Å². The van der Waals surface area contributed by atoms with Gasteiger partial charge in [-0.25, -0.2) is 4.39 Å². The molecular formula is C18H30FNO4SSi. The molecule has 0 unspecified atom stereocenters. The van der Waals surface area contributed by atoms with E-state index in [-0.39, 0.29) is 30.0 Å². The zero-order valence-electron chi connectivity index (χ0n) is 16.5. The van der Waals surface area contributed by atoms with Crippen LogP contribution in [0.2, 0.25) is 18.1 Å². The highest BCUT2D eigenvalue weighted by Crippen LogP contribution is 2.37. The predicted molar refractivity (Wildman–Crippen MR) is 105 cm³/mol. The molecule has 0 spiro atoms. The minimum Gasteiger partial charge on any atom is -0.412 e. The lowest BCUT2D eigenvalue weighted by Gasteiger charge is -2.41. The van der Waals surface area contributed by atoms with Crippen LogP contribution in [0.25, 0.3) is 0 Å². The Hall–Kier alpha value is -0.963. The predicted octanol–water partition coefficient (Wildman–Crippen LogP) is 3.76. The molecule has 0 atom stereocenters. The van der Waals surface area contributed by atoms with Crippen LogP contribution in [0.5, 0.6) is 0 Å². The Kier molecular flexibility index (Phi) is 6.22. The topological polar surface area (TPSA) is 55.8 Å². The SMILES string of the molecule is CC(C)(C)[Si](C)(C)OCc1cccc(N2CC(COS(C)(=O)=O)C2)c1F. The minimum atomic E-state index is -3.43. The highest BCUT2D eigenvalue weighted by atomic mass is 32.2. The fraction of sp³-hybridized carbons (Fsp3) is 0.667. The molecule has 1 aromatic carbocycles. The van der Waals surface area contributed by atoms with Crippen LogP contribution in [0, 0.1) is 11.7 Å². The normalized spacial score (nSPS) is 16.7. The van der Waals surface area contributed by atoms with Crippen LogP contribution < -0.4 is 4.90 Å². The van der Waals surface area contributed by atoms with E-state index in [1.54, 1.807) is 12.1 Å². The van der Waals surface area contributed by atoms with E-state index in [0.717, 1.165) is 6.26 Å². The summed E-state index contributed by atoms with van der Waals surface area (Å²) >= 11 is 0. The van der Waals surface area contributed by atoms with Gasteiger partial charge in [-0.1, -0.05) is 32.9 Å². The summed E-state index contributed by atoms with van der Waals surface area (Å²) in [6, 6.07) is 5.35. The fourth-order valence-electron chi connectivity index (χ4n) is 2.49. The average Bonchev–Trinajstić information content (AvgIpc) is 2.43. The lowest BCUT2D eigenvalue weighted by molar-refractivity contribution is 0.226. The van der Waals surface area contributed by atoms with Crippen molar-refractivity contribution in [2.75, 3.05) is 30.9 Å². The number of rotatable bonds is 7. The van der Waals surface area contributed by atoms with Crippen LogP contribution in [-0.4, -0.2) is 42.7 Å². The molecule has 0 aromatic heterocycles. The van der Waals surface area contributed by atoms with Crippen LogP contribution in [-0.2, 0) is 25.3 Å². The molecule has 26 heavy (non-hydrogen) atoms. The summed E-state index contributed by atoms with van der Waals surface area (Å²) in [5.41, 5.74) is 1.10. The minimum absolute atomic E-state index is 0.0748. The molecule has 1 heterocycles. The Labute approximate surface area is 157 Å². The molecule has 0 radical (unpaired) electrons. The van der Waals surface area contributed by atoms with Crippen molar-refractivity contribution in [2.45, 2.75) is 45.5 Å².